The first-order chi connectivity index (χ1) is 11.1. The monoisotopic (exact) mass is 350 g/mol. The minimum absolute atomic E-state index is 0.0768. The SMILES string of the molecule is FC(F)(F)CCn1nc(-c2n[nH]c(C(F)(F)F)n2)c2cccnc21. The van der Waals surface area contributed by atoms with Gasteiger partial charge in [-0.05, 0) is 12.1 Å². The van der Waals surface area contributed by atoms with E-state index in [4.69, 9.17) is 0 Å². The Kier molecular flexibility index (Phi) is 3.68. The lowest BCUT2D eigenvalue weighted by atomic mass is 10.2. The van der Waals surface area contributed by atoms with E-state index in [2.05, 4.69) is 20.2 Å². The maximum atomic E-state index is 12.6. The number of aromatic nitrogens is 6. The largest absolute Gasteiger partial charge is 0.451 e. The Labute approximate surface area is 129 Å². The first kappa shape index (κ1) is 16.2. The molecule has 0 bridgehead atoms. The van der Waals surface area contributed by atoms with Gasteiger partial charge in [0, 0.05) is 6.20 Å². The van der Waals surface area contributed by atoms with Crippen LogP contribution in [0.2, 0.25) is 0 Å². The molecule has 0 aliphatic heterocycles. The molecular formula is C12H8F6N6. The molecule has 0 unspecified atom stereocenters. The number of hydrogen-bond acceptors (Lipinski definition) is 4. The third-order valence-corrected chi connectivity index (χ3v) is 3.08. The van der Waals surface area contributed by atoms with Gasteiger partial charge in [-0.25, -0.2) is 14.6 Å². The van der Waals surface area contributed by atoms with Gasteiger partial charge in [-0.1, -0.05) is 0 Å². The molecule has 0 saturated heterocycles. The average molecular weight is 350 g/mol. The summed E-state index contributed by atoms with van der Waals surface area (Å²) in [5.74, 6) is -1.69. The van der Waals surface area contributed by atoms with Crippen molar-refractivity contribution < 1.29 is 26.3 Å². The van der Waals surface area contributed by atoms with Crippen LogP contribution in [0.1, 0.15) is 12.2 Å². The second-order valence-electron chi connectivity index (χ2n) is 4.82. The molecule has 3 rings (SSSR count). The van der Waals surface area contributed by atoms with Gasteiger partial charge < -0.3 is 0 Å². The van der Waals surface area contributed by atoms with Crippen molar-refractivity contribution in [3.05, 3.63) is 24.2 Å². The Morgan fingerprint density at radius 1 is 1.12 bits per heavy atom. The number of aryl methyl sites for hydroxylation is 1. The third kappa shape index (κ3) is 3.16. The van der Waals surface area contributed by atoms with Crippen LogP contribution in [0.3, 0.4) is 0 Å². The first-order valence-electron chi connectivity index (χ1n) is 6.53. The van der Waals surface area contributed by atoms with E-state index in [1.54, 1.807) is 5.10 Å². The zero-order valence-corrected chi connectivity index (χ0v) is 11.7. The highest BCUT2D eigenvalue weighted by Gasteiger charge is 2.36. The summed E-state index contributed by atoms with van der Waals surface area (Å²) in [6, 6.07) is 2.96. The molecule has 0 radical (unpaired) electrons. The Balaban J connectivity index is 2.04. The van der Waals surface area contributed by atoms with Gasteiger partial charge in [-0.15, -0.1) is 0 Å². The van der Waals surface area contributed by atoms with Crippen LogP contribution < -0.4 is 0 Å². The summed E-state index contributed by atoms with van der Waals surface area (Å²) in [7, 11) is 0. The molecule has 0 saturated carbocycles. The number of hydrogen-bond donors (Lipinski definition) is 1. The van der Waals surface area contributed by atoms with Gasteiger partial charge in [-0.2, -0.15) is 36.5 Å². The van der Waals surface area contributed by atoms with Crippen molar-refractivity contribution >= 4 is 11.0 Å². The standard InChI is InChI=1S/C12H8F6N6/c13-11(14,15)3-5-24-9-6(2-1-4-19-9)7(23-24)8-20-10(22-21-8)12(16,17)18/h1-2,4H,3,5H2,(H,20,21,22). The van der Waals surface area contributed by atoms with Crippen molar-refractivity contribution in [2.24, 2.45) is 0 Å². The maximum absolute atomic E-state index is 12.6. The van der Waals surface area contributed by atoms with Crippen molar-refractivity contribution in [3.63, 3.8) is 0 Å². The number of nitrogens with zero attached hydrogens (tertiary/aromatic N) is 5. The van der Waals surface area contributed by atoms with Crippen molar-refractivity contribution in [1.29, 1.82) is 0 Å². The topological polar surface area (TPSA) is 72.3 Å². The molecule has 0 spiro atoms. The van der Waals surface area contributed by atoms with Gasteiger partial charge in [-0.3, -0.25) is 5.10 Å². The highest BCUT2D eigenvalue weighted by Crippen LogP contribution is 2.30. The van der Waals surface area contributed by atoms with Gasteiger partial charge in [0.05, 0.1) is 18.4 Å². The minimum Gasteiger partial charge on any atom is -0.255 e. The molecule has 0 aliphatic rings. The normalized spacial score (nSPS) is 12.9. The van der Waals surface area contributed by atoms with E-state index in [1.165, 1.54) is 18.3 Å². The van der Waals surface area contributed by atoms with Crippen molar-refractivity contribution in [3.8, 4) is 11.5 Å². The summed E-state index contributed by atoms with van der Waals surface area (Å²) in [6.45, 7) is -0.520. The summed E-state index contributed by atoms with van der Waals surface area (Å²) in [5, 5.41) is 9.34. The van der Waals surface area contributed by atoms with Crippen molar-refractivity contribution in [2.45, 2.75) is 25.3 Å². The van der Waals surface area contributed by atoms with E-state index in [0.29, 0.717) is 0 Å². The van der Waals surface area contributed by atoms with Crippen LogP contribution in [0, 0.1) is 0 Å². The first-order valence-corrected chi connectivity index (χ1v) is 6.53. The molecular weight excluding hydrogens is 342 g/mol. The number of halogens is 6. The van der Waals surface area contributed by atoms with E-state index < -0.39 is 31.1 Å². The quantitative estimate of drug-likeness (QED) is 0.737. The number of fused-ring (bicyclic) bond motifs is 1. The predicted molar refractivity (Wildman–Crippen MR) is 68.6 cm³/mol. The smallest absolute Gasteiger partial charge is 0.255 e. The number of H-pyrrole nitrogens is 1. The van der Waals surface area contributed by atoms with Crippen LogP contribution in [0.25, 0.3) is 22.6 Å². The molecule has 1 N–H and O–H groups in total. The third-order valence-electron chi connectivity index (χ3n) is 3.08. The van der Waals surface area contributed by atoms with Crippen LogP contribution in [0.5, 0.6) is 0 Å². The van der Waals surface area contributed by atoms with E-state index in [9.17, 15) is 26.3 Å². The van der Waals surface area contributed by atoms with E-state index in [1.807, 2.05) is 0 Å². The minimum atomic E-state index is -4.72. The molecule has 6 nitrogen and oxygen atoms in total. The molecule has 0 amide bonds. The molecule has 128 valence electrons. The number of rotatable bonds is 3. The number of pyridine rings is 1. The highest BCUT2D eigenvalue weighted by atomic mass is 19.4. The Hall–Kier alpha value is -2.66. The average Bonchev–Trinajstić information content (AvgIpc) is 3.08. The maximum Gasteiger partial charge on any atom is 0.451 e. The highest BCUT2D eigenvalue weighted by molar-refractivity contribution is 5.89. The fraction of sp³-hybridized carbons (Fsp3) is 0.333. The lowest BCUT2D eigenvalue weighted by Crippen LogP contribution is -2.13. The lowest BCUT2D eigenvalue weighted by Gasteiger charge is -2.06. The van der Waals surface area contributed by atoms with Crippen molar-refractivity contribution in [1.82, 2.24) is 29.9 Å². The summed E-state index contributed by atoms with van der Waals surface area (Å²) >= 11 is 0. The summed E-state index contributed by atoms with van der Waals surface area (Å²) < 4.78 is 75.9. The summed E-state index contributed by atoms with van der Waals surface area (Å²) in [4.78, 5) is 7.24. The number of nitrogens with one attached hydrogen (secondary N) is 1. The second kappa shape index (κ2) is 5.46. The summed E-state index contributed by atoms with van der Waals surface area (Å²) in [6.07, 6.45) is -8.93. The Morgan fingerprint density at radius 3 is 2.50 bits per heavy atom. The molecule has 12 heteroatoms. The van der Waals surface area contributed by atoms with Gasteiger partial charge >= 0.3 is 12.4 Å². The van der Waals surface area contributed by atoms with E-state index in [-0.39, 0.29) is 22.6 Å². The predicted octanol–water partition coefficient (Wildman–Crippen LogP) is 3.19. The molecule has 24 heavy (non-hydrogen) atoms. The van der Waals surface area contributed by atoms with Crippen LogP contribution >= 0.6 is 0 Å². The molecule has 3 heterocycles. The molecule has 0 atom stereocenters. The van der Waals surface area contributed by atoms with Gasteiger partial charge in [0.25, 0.3) is 0 Å². The van der Waals surface area contributed by atoms with E-state index >= 15 is 0 Å². The van der Waals surface area contributed by atoms with Crippen LogP contribution in [-0.4, -0.2) is 36.1 Å². The Bertz CT molecular complexity index is 861. The molecule has 0 aromatic carbocycles. The number of alkyl halides is 6. The zero-order valence-electron chi connectivity index (χ0n) is 11.7. The molecule has 3 aromatic heterocycles. The summed E-state index contributed by atoms with van der Waals surface area (Å²) in [5.41, 5.74) is 0.0298. The van der Waals surface area contributed by atoms with Gasteiger partial charge in [0.15, 0.2) is 5.65 Å². The van der Waals surface area contributed by atoms with Gasteiger partial charge in [0.2, 0.25) is 11.6 Å². The number of aromatic amines is 1. The molecule has 0 aliphatic carbocycles. The zero-order chi connectivity index (χ0) is 17.5. The molecule has 0 fully saturated rings. The van der Waals surface area contributed by atoms with Crippen LogP contribution in [0.15, 0.2) is 18.3 Å². The lowest BCUT2D eigenvalue weighted by molar-refractivity contribution is -0.144. The molecule has 3 aromatic rings. The van der Waals surface area contributed by atoms with Gasteiger partial charge in [0.1, 0.15) is 5.69 Å². The van der Waals surface area contributed by atoms with Crippen molar-refractivity contribution in [2.75, 3.05) is 0 Å². The van der Waals surface area contributed by atoms with Crippen LogP contribution in [-0.2, 0) is 12.7 Å². The fourth-order valence-electron chi connectivity index (χ4n) is 2.06. The Morgan fingerprint density at radius 2 is 1.88 bits per heavy atom. The van der Waals surface area contributed by atoms with Crippen LogP contribution in [0.4, 0.5) is 26.3 Å². The fourth-order valence-corrected chi connectivity index (χ4v) is 2.06. The second-order valence-corrected chi connectivity index (χ2v) is 4.82. The van der Waals surface area contributed by atoms with E-state index in [0.717, 1.165) is 4.68 Å².